The molecule has 1 heterocycles. The highest BCUT2D eigenvalue weighted by Crippen LogP contribution is 2.25. The van der Waals surface area contributed by atoms with Crippen LogP contribution in [0.3, 0.4) is 0 Å². The summed E-state index contributed by atoms with van der Waals surface area (Å²) >= 11 is 0. The molecule has 0 saturated carbocycles. The number of aromatic nitrogens is 1. The summed E-state index contributed by atoms with van der Waals surface area (Å²) in [6.45, 7) is 3.56. The van der Waals surface area contributed by atoms with E-state index in [9.17, 15) is 19.5 Å². The average molecular weight is 320 g/mol. The molecule has 2 rings (SSSR count). The van der Waals surface area contributed by atoms with Gasteiger partial charge in [-0.3, -0.25) is 4.79 Å². The van der Waals surface area contributed by atoms with Gasteiger partial charge in [0.25, 0.3) is 5.56 Å². The number of oxime groups is 1. The van der Waals surface area contributed by atoms with Crippen LogP contribution in [0.15, 0.2) is 40.3 Å². The molecule has 6 nitrogen and oxygen atoms in total. The summed E-state index contributed by atoms with van der Waals surface area (Å²) in [5.41, 5.74) is 0.969. The molecule has 23 heavy (non-hydrogen) atoms. The van der Waals surface area contributed by atoms with Crippen molar-refractivity contribution in [3.05, 3.63) is 63.2 Å². The molecule has 1 aromatic carbocycles. The third-order valence-electron chi connectivity index (χ3n) is 3.37. The normalized spacial score (nSPS) is 12.5. The SMILES string of the molecule is Cc1cc(=O)n(O)c(O)c1C(C)/C=N\OCc1ccc(F)cc1. The lowest BCUT2D eigenvalue weighted by Crippen LogP contribution is -2.19. The molecule has 2 N–H and O–H groups in total. The van der Waals surface area contributed by atoms with Gasteiger partial charge in [0.05, 0.1) is 6.21 Å². The van der Waals surface area contributed by atoms with Crippen LogP contribution >= 0.6 is 0 Å². The molecule has 7 heteroatoms. The number of pyridine rings is 1. The zero-order valence-electron chi connectivity index (χ0n) is 12.7. The number of aromatic hydroxyl groups is 1. The van der Waals surface area contributed by atoms with Crippen molar-refractivity contribution < 1.29 is 19.5 Å². The summed E-state index contributed by atoms with van der Waals surface area (Å²) in [5.74, 6) is -1.23. The average Bonchev–Trinajstić information content (AvgIpc) is 2.51. The van der Waals surface area contributed by atoms with Gasteiger partial charge in [-0.1, -0.05) is 24.2 Å². The Morgan fingerprint density at radius 3 is 2.70 bits per heavy atom. The summed E-state index contributed by atoms with van der Waals surface area (Å²) in [5, 5.41) is 23.1. The molecule has 1 aromatic heterocycles. The minimum atomic E-state index is -0.708. The molecule has 0 radical (unpaired) electrons. The second-order valence-electron chi connectivity index (χ2n) is 5.16. The van der Waals surface area contributed by atoms with Crippen molar-refractivity contribution in [3.63, 3.8) is 0 Å². The van der Waals surface area contributed by atoms with Gasteiger partial charge in [-0.15, -0.1) is 4.73 Å². The van der Waals surface area contributed by atoms with Gasteiger partial charge in [-0.2, -0.15) is 0 Å². The lowest BCUT2D eigenvalue weighted by atomic mass is 9.99. The topological polar surface area (TPSA) is 84.1 Å². The molecule has 0 bridgehead atoms. The molecule has 1 unspecified atom stereocenters. The van der Waals surface area contributed by atoms with E-state index in [1.165, 1.54) is 24.4 Å². The summed E-state index contributed by atoms with van der Waals surface area (Å²) < 4.78 is 13.0. The van der Waals surface area contributed by atoms with Gasteiger partial charge in [0, 0.05) is 17.5 Å². The highest BCUT2D eigenvalue weighted by Gasteiger charge is 2.17. The van der Waals surface area contributed by atoms with Gasteiger partial charge in [0.1, 0.15) is 12.4 Å². The molecule has 0 fully saturated rings. The molecule has 0 aliphatic heterocycles. The summed E-state index contributed by atoms with van der Waals surface area (Å²) in [7, 11) is 0. The highest BCUT2D eigenvalue weighted by molar-refractivity contribution is 5.68. The summed E-state index contributed by atoms with van der Waals surface area (Å²) in [6.07, 6.45) is 1.44. The van der Waals surface area contributed by atoms with Crippen molar-refractivity contribution in [3.8, 4) is 5.88 Å². The Hall–Kier alpha value is -2.83. The number of hydrogen-bond acceptors (Lipinski definition) is 5. The molecule has 0 aliphatic rings. The van der Waals surface area contributed by atoms with E-state index < -0.39 is 11.4 Å². The Morgan fingerprint density at radius 2 is 2.04 bits per heavy atom. The number of hydrogen-bond donors (Lipinski definition) is 2. The lowest BCUT2D eigenvalue weighted by Gasteiger charge is -2.13. The molecule has 1 atom stereocenters. The maximum atomic E-state index is 12.8. The number of halogens is 1. The summed E-state index contributed by atoms with van der Waals surface area (Å²) in [4.78, 5) is 16.5. The van der Waals surface area contributed by atoms with E-state index in [0.717, 1.165) is 5.56 Å². The fourth-order valence-electron chi connectivity index (χ4n) is 2.18. The molecular weight excluding hydrogens is 303 g/mol. The first-order valence-corrected chi connectivity index (χ1v) is 6.95. The molecular formula is C16H17FN2O4. The smallest absolute Gasteiger partial charge is 0.286 e. The van der Waals surface area contributed by atoms with Gasteiger partial charge in [-0.05, 0) is 30.2 Å². The third kappa shape index (κ3) is 3.88. The predicted molar refractivity (Wildman–Crippen MR) is 82.4 cm³/mol. The monoisotopic (exact) mass is 320 g/mol. The van der Waals surface area contributed by atoms with Crippen molar-refractivity contribution in [1.29, 1.82) is 0 Å². The molecule has 0 spiro atoms. The third-order valence-corrected chi connectivity index (χ3v) is 3.37. The van der Waals surface area contributed by atoms with Crippen molar-refractivity contribution >= 4 is 6.21 Å². The highest BCUT2D eigenvalue weighted by atomic mass is 19.1. The van der Waals surface area contributed by atoms with Crippen LogP contribution in [0.2, 0.25) is 0 Å². The van der Waals surface area contributed by atoms with Crippen LogP contribution < -0.4 is 5.56 Å². The first-order chi connectivity index (χ1) is 10.9. The Kier molecular flexibility index (Phi) is 5.00. The van der Waals surface area contributed by atoms with E-state index >= 15 is 0 Å². The minimum Gasteiger partial charge on any atom is -0.492 e. The van der Waals surface area contributed by atoms with Gasteiger partial charge in [-0.25, -0.2) is 4.39 Å². The number of benzene rings is 1. The minimum absolute atomic E-state index is 0.175. The molecule has 0 aliphatic carbocycles. The Balaban J connectivity index is 2.04. The quantitative estimate of drug-likeness (QED) is 0.504. The lowest BCUT2D eigenvalue weighted by molar-refractivity contribution is 0.131. The van der Waals surface area contributed by atoms with Gasteiger partial charge >= 0.3 is 0 Å². The van der Waals surface area contributed by atoms with Crippen molar-refractivity contribution in [2.24, 2.45) is 5.16 Å². The van der Waals surface area contributed by atoms with Crippen molar-refractivity contribution in [2.45, 2.75) is 26.4 Å². The van der Waals surface area contributed by atoms with Crippen LogP contribution in [0.25, 0.3) is 0 Å². The Morgan fingerprint density at radius 1 is 1.39 bits per heavy atom. The second kappa shape index (κ2) is 6.95. The first kappa shape index (κ1) is 16.5. The zero-order chi connectivity index (χ0) is 17.0. The van der Waals surface area contributed by atoms with Crippen LogP contribution in [0, 0.1) is 12.7 Å². The number of nitrogens with zero attached hydrogens (tertiary/aromatic N) is 2. The van der Waals surface area contributed by atoms with E-state index in [1.807, 2.05) is 0 Å². The molecule has 2 aromatic rings. The molecule has 122 valence electrons. The fourth-order valence-corrected chi connectivity index (χ4v) is 2.18. The zero-order valence-corrected chi connectivity index (χ0v) is 12.7. The number of aryl methyl sites for hydroxylation is 1. The Bertz CT molecular complexity index is 769. The van der Waals surface area contributed by atoms with E-state index in [0.29, 0.717) is 11.1 Å². The maximum Gasteiger partial charge on any atom is 0.286 e. The van der Waals surface area contributed by atoms with Gasteiger partial charge in [0.2, 0.25) is 5.88 Å². The molecule has 0 amide bonds. The van der Waals surface area contributed by atoms with Crippen LogP contribution in [0.1, 0.15) is 29.5 Å². The maximum absolute atomic E-state index is 12.8. The number of rotatable bonds is 5. The predicted octanol–water partition coefficient (Wildman–Crippen LogP) is 2.54. The van der Waals surface area contributed by atoms with E-state index in [4.69, 9.17) is 4.84 Å². The van der Waals surface area contributed by atoms with Crippen LogP contribution in [-0.2, 0) is 11.4 Å². The van der Waals surface area contributed by atoms with Crippen molar-refractivity contribution in [2.75, 3.05) is 0 Å². The van der Waals surface area contributed by atoms with E-state index in [-0.39, 0.29) is 23.1 Å². The molecule has 0 saturated heterocycles. The largest absolute Gasteiger partial charge is 0.492 e. The second-order valence-corrected chi connectivity index (χ2v) is 5.16. The van der Waals surface area contributed by atoms with Crippen molar-refractivity contribution in [1.82, 2.24) is 4.73 Å². The standard InChI is InChI=1S/C16H17FN2O4/c1-10-7-14(20)19(22)16(21)15(10)11(2)8-18-23-9-12-3-5-13(17)6-4-12/h3-8,11,21-22H,9H2,1-2H3/b18-8-. The first-order valence-electron chi connectivity index (χ1n) is 6.95. The van der Waals surface area contributed by atoms with Crippen LogP contribution in [-0.4, -0.2) is 21.3 Å². The van der Waals surface area contributed by atoms with E-state index in [2.05, 4.69) is 5.16 Å². The fraction of sp³-hybridized carbons (Fsp3) is 0.250. The van der Waals surface area contributed by atoms with Gasteiger partial charge in [0.15, 0.2) is 0 Å². The van der Waals surface area contributed by atoms with Crippen LogP contribution in [0.4, 0.5) is 4.39 Å². The van der Waals surface area contributed by atoms with E-state index in [1.54, 1.807) is 26.0 Å². The Labute approximate surface area is 132 Å². The van der Waals surface area contributed by atoms with Crippen LogP contribution in [0.5, 0.6) is 5.88 Å². The summed E-state index contributed by atoms with van der Waals surface area (Å²) in [6, 6.07) is 7.06. The van der Waals surface area contributed by atoms with Gasteiger partial charge < -0.3 is 15.2 Å².